The molecule has 0 aromatic rings. The number of esters is 1. The summed E-state index contributed by atoms with van der Waals surface area (Å²) in [5.74, 6) is -0.602. The third-order valence-electron chi connectivity index (χ3n) is 2.37. The van der Waals surface area contributed by atoms with Crippen molar-refractivity contribution >= 4 is 16.1 Å². The monoisotopic (exact) mass is 322 g/mol. The van der Waals surface area contributed by atoms with Gasteiger partial charge in [-0.3, -0.25) is 9.35 Å². The zero-order valence-electron chi connectivity index (χ0n) is 11.2. The van der Waals surface area contributed by atoms with Crippen LogP contribution in [0.2, 0.25) is 0 Å². The number of hydrogen-bond donors (Lipinski definition) is 1. The summed E-state index contributed by atoms with van der Waals surface area (Å²) in [6, 6.07) is 0. The van der Waals surface area contributed by atoms with Crippen molar-refractivity contribution in [1.29, 1.82) is 0 Å². The molecule has 0 aliphatic carbocycles. The van der Waals surface area contributed by atoms with Crippen molar-refractivity contribution < 1.29 is 40.4 Å². The standard InChI is InChI=1S/C10H17F3O6S/c1-9(2,6-8(14)18-3)19-5-4-7(11)10(12,13)20(15,16)17/h7H,4-6H2,1-3H3,(H,15,16,17). The molecule has 0 heterocycles. The molecule has 0 radical (unpaired) electrons. The Kier molecular flexibility index (Phi) is 6.43. The molecule has 20 heavy (non-hydrogen) atoms. The third kappa shape index (κ3) is 5.63. The molecular formula is C10H17F3O6S. The lowest BCUT2D eigenvalue weighted by Crippen LogP contribution is -2.39. The average Bonchev–Trinajstić information content (AvgIpc) is 2.26. The number of hydrogen-bond acceptors (Lipinski definition) is 5. The van der Waals surface area contributed by atoms with E-state index in [0.717, 1.165) is 7.11 Å². The van der Waals surface area contributed by atoms with Gasteiger partial charge in [-0.1, -0.05) is 0 Å². The van der Waals surface area contributed by atoms with E-state index in [1.54, 1.807) is 0 Å². The molecule has 0 amide bonds. The number of carbonyl (C=O) groups is 1. The van der Waals surface area contributed by atoms with Crippen LogP contribution in [0.4, 0.5) is 13.2 Å². The van der Waals surface area contributed by atoms with Gasteiger partial charge in [0.15, 0.2) is 6.17 Å². The second-order valence-corrected chi connectivity index (χ2v) is 6.15. The highest BCUT2D eigenvalue weighted by molar-refractivity contribution is 7.86. The number of halogens is 3. The molecule has 0 bridgehead atoms. The van der Waals surface area contributed by atoms with Crippen molar-refractivity contribution in [2.24, 2.45) is 0 Å². The largest absolute Gasteiger partial charge is 0.469 e. The van der Waals surface area contributed by atoms with Crippen LogP contribution >= 0.6 is 0 Å². The molecule has 0 rings (SSSR count). The Labute approximate surface area is 115 Å². The van der Waals surface area contributed by atoms with Gasteiger partial charge in [0.1, 0.15) is 0 Å². The molecule has 6 nitrogen and oxygen atoms in total. The van der Waals surface area contributed by atoms with Crippen molar-refractivity contribution in [2.45, 2.75) is 43.7 Å². The van der Waals surface area contributed by atoms with Gasteiger partial charge in [0.25, 0.3) is 0 Å². The first-order valence-corrected chi connectivity index (χ1v) is 6.97. The van der Waals surface area contributed by atoms with Gasteiger partial charge in [-0.05, 0) is 13.8 Å². The first-order chi connectivity index (χ1) is 8.83. The minimum absolute atomic E-state index is 0.185. The van der Waals surface area contributed by atoms with E-state index in [4.69, 9.17) is 9.29 Å². The molecule has 0 aromatic heterocycles. The van der Waals surface area contributed by atoms with Crippen LogP contribution < -0.4 is 0 Å². The van der Waals surface area contributed by atoms with Gasteiger partial charge >= 0.3 is 21.3 Å². The lowest BCUT2D eigenvalue weighted by atomic mass is 10.1. The highest BCUT2D eigenvalue weighted by Gasteiger charge is 2.52. The Morgan fingerprint density at radius 1 is 1.35 bits per heavy atom. The molecule has 120 valence electrons. The van der Waals surface area contributed by atoms with Crippen molar-refractivity contribution in [3.8, 4) is 0 Å². The first-order valence-electron chi connectivity index (χ1n) is 5.53. The van der Waals surface area contributed by atoms with Crippen LogP contribution in [0.3, 0.4) is 0 Å². The van der Waals surface area contributed by atoms with E-state index in [0.29, 0.717) is 0 Å². The van der Waals surface area contributed by atoms with E-state index in [1.165, 1.54) is 13.8 Å². The Hall–Kier alpha value is -0.870. The van der Waals surface area contributed by atoms with E-state index >= 15 is 0 Å². The Morgan fingerprint density at radius 2 is 1.85 bits per heavy atom. The second kappa shape index (κ2) is 6.72. The van der Waals surface area contributed by atoms with Gasteiger partial charge in [-0.25, -0.2) is 4.39 Å². The molecule has 0 fully saturated rings. The van der Waals surface area contributed by atoms with Crippen LogP contribution in [0.1, 0.15) is 26.7 Å². The predicted octanol–water partition coefficient (Wildman–Crippen LogP) is 1.55. The highest BCUT2D eigenvalue weighted by atomic mass is 32.2. The van der Waals surface area contributed by atoms with Crippen LogP contribution in [-0.4, -0.2) is 49.7 Å². The maximum absolute atomic E-state index is 13.1. The zero-order chi connectivity index (χ0) is 16.2. The first kappa shape index (κ1) is 19.1. The number of rotatable bonds is 8. The number of alkyl halides is 3. The van der Waals surface area contributed by atoms with Gasteiger partial charge in [-0.15, -0.1) is 0 Å². The fourth-order valence-electron chi connectivity index (χ4n) is 1.24. The smallest absolute Gasteiger partial charge is 0.400 e. The van der Waals surface area contributed by atoms with E-state index in [2.05, 4.69) is 4.74 Å². The lowest BCUT2D eigenvalue weighted by Gasteiger charge is -2.25. The Morgan fingerprint density at radius 3 is 2.25 bits per heavy atom. The Balaban J connectivity index is 4.41. The summed E-state index contributed by atoms with van der Waals surface area (Å²) in [6.07, 6.45) is -4.27. The number of ether oxygens (including phenoxy) is 2. The summed E-state index contributed by atoms with van der Waals surface area (Å²) in [5.41, 5.74) is -1.08. The van der Waals surface area contributed by atoms with E-state index in [9.17, 15) is 26.4 Å². The molecule has 0 aliphatic rings. The van der Waals surface area contributed by atoms with Gasteiger partial charge in [0.2, 0.25) is 0 Å². The van der Waals surface area contributed by atoms with Crippen LogP contribution in [0, 0.1) is 0 Å². The molecule has 0 saturated heterocycles. The summed E-state index contributed by atoms with van der Waals surface area (Å²) in [5, 5.41) is -4.90. The fourth-order valence-corrected chi connectivity index (χ4v) is 1.68. The molecule has 0 aliphatic heterocycles. The second-order valence-electron chi connectivity index (χ2n) is 4.65. The normalized spacial score (nSPS) is 14.9. The minimum atomic E-state index is -5.83. The summed E-state index contributed by atoms with van der Waals surface area (Å²) < 4.78 is 77.1. The third-order valence-corrected chi connectivity index (χ3v) is 3.31. The number of carbonyl (C=O) groups excluding carboxylic acids is 1. The van der Waals surface area contributed by atoms with Gasteiger partial charge < -0.3 is 9.47 Å². The van der Waals surface area contributed by atoms with Crippen molar-refractivity contribution in [3.05, 3.63) is 0 Å². The number of methoxy groups -OCH3 is 1. The average molecular weight is 322 g/mol. The Bertz CT molecular complexity index is 434. The fraction of sp³-hybridized carbons (Fsp3) is 0.900. The summed E-state index contributed by atoms with van der Waals surface area (Å²) in [6.45, 7) is 2.35. The predicted molar refractivity (Wildman–Crippen MR) is 62.7 cm³/mol. The van der Waals surface area contributed by atoms with Crippen LogP contribution in [0.25, 0.3) is 0 Å². The van der Waals surface area contributed by atoms with Crippen molar-refractivity contribution in [1.82, 2.24) is 0 Å². The van der Waals surface area contributed by atoms with E-state index in [1.807, 2.05) is 0 Å². The molecule has 0 aromatic carbocycles. The maximum Gasteiger partial charge on any atom is 0.400 e. The van der Waals surface area contributed by atoms with Gasteiger partial charge in [0, 0.05) is 6.42 Å². The molecular weight excluding hydrogens is 305 g/mol. The van der Waals surface area contributed by atoms with Crippen LogP contribution in [-0.2, 0) is 24.4 Å². The molecule has 1 N–H and O–H groups in total. The van der Waals surface area contributed by atoms with Crippen molar-refractivity contribution in [2.75, 3.05) is 13.7 Å². The van der Waals surface area contributed by atoms with Crippen LogP contribution in [0.15, 0.2) is 0 Å². The van der Waals surface area contributed by atoms with E-state index in [-0.39, 0.29) is 6.42 Å². The topological polar surface area (TPSA) is 89.9 Å². The maximum atomic E-state index is 13.1. The van der Waals surface area contributed by atoms with Gasteiger partial charge in [-0.2, -0.15) is 17.2 Å². The summed E-state index contributed by atoms with van der Waals surface area (Å²) in [4.78, 5) is 11.0. The lowest BCUT2D eigenvalue weighted by molar-refractivity contribution is -0.147. The summed E-state index contributed by atoms with van der Waals surface area (Å²) >= 11 is 0. The molecule has 1 unspecified atom stereocenters. The molecule has 0 saturated carbocycles. The minimum Gasteiger partial charge on any atom is -0.469 e. The SMILES string of the molecule is COC(=O)CC(C)(C)OCCC(F)C(F)(F)S(=O)(=O)O. The highest BCUT2D eigenvalue weighted by Crippen LogP contribution is 2.30. The molecule has 1 atom stereocenters. The molecule has 0 spiro atoms. The summed E-state index contributed by atoms with van der Waals surface area (Å²) in [7, 11) is -4.67. The zero-order valence-corrected chi connectivity index (χ0v) is 12.0. The van der Waals surface area contributed by atoms with Crippen molar-refractivity contribution in [3.63, 3.8) is 0 Å². The van der Waals surface area contributed by atoms with E-state index < -0.39 is 46.1 Å². The van der Waals surface area contributed by atoms with Crippen LogP contribution in [0.5, 0.6) is 0 Å². The quantitative estimate of drug-likeness (QED) is 0.539. The molecule has 10 heteroatoms. The van der Waals surface area contributed by atoms with Gasteiger partial charge in [0.05, 0.1) is 25.7 Å².